The van der Waals surface area contributed by atoms with Crippen LogP contribution in [-0.2, 0) is 4.79 Å². The Kier molecular flexibility index (Phi) is 6.22. The fourth-order valence-corrected chi connectivity index (χ4v) is 2.23. The zero-order chi connectivity index (χ0) is 20.8. The van der Waals surface area contributed by atoms with Crippen LogP contribution in [0.3, 0.4) is 0 Å². The smallest absolute Gasteiger partial charge is 0.311 e. The normalized spacial score (nSPS) is 10.6. The Morgan fingerprint density at radius 1 is 1.21 bits per heavy atom. The molecule has 2 aromatic carbocycles. The molecule has 11 nitrogen and oxygen atoms in total. The van der Waals surface area contributed by atoms with Crippen LogP contribution in [0.15, 0.2) is 35.4 Å². The molecule has 11 heteroatoms. The molecule has 0 fully saturated rings. The summed E-state index contributed by atoms with van der Waals surface area (Å²) in [7, 11) is 0. The maximum Gasteiger partial charge on any atom is 0.311 e. The number of carbonyl (C=O) groups excluding carboxylic acids is 1. The fourth-order valence-electron chi connectivity index (χ4n) is 2.23. The molecule has 2 rings (SSSR count). The molecule has 0 aromatic heterocycles. The molecule has 2 N–H and O–H groups in total. The van der Waals surface area contributed by atoms with Crippen LogP contribution in [0.5, 0.6) is 11.5 Å². The van der Waals surface area contributed by atoms with E-state index in [9.17, 15) is 30.1 Å². The molecule has 0 atom stereocenters. The monoisotopic (exact) mass is 388 g/mol. The van der Waals surface area contributed by atoms with E-state index in [1.165, 1.54) is 25.1 Å². The van der Waals surface area contributed by atoms with E-state index in [-0.39, 0.29) is 34.0 Å². The number of phenols is 1. The number of nitrogens with zero attached hydrogens (tertiary/aromatic N) is 3. The van der Waals surface area contributed by atoms with Gasteiger partial charge >= 0.3 is 5.69 Å². The minimum absolute atomic E-state index is 0.0436. The van der Waals surface area contributed by atoms with Crippen LogP contribution in [-0.4, -0.2) is 33.7 Å². The molecule has 0 spiro atoms. The number of non-ortho nitro benzene ring substituents is 1. The standard InChI is InChI=1S/C17H16N4O7/c1-10-3-4-15(14(5-10)21(26)27)28-9-16(22)19-18-8-12-7-13(20(24)25)6-11(2)17(12)23/h3-8,23H,9H2,1-2H3,(H,19,22)/b18-8+. The van der Waals surface area contributed by atoms with Gasteiger partial charge in [0.1, 0.15) is 5.75 Å². The van der Waals surface area contributed by atoms with Gasteiger partial charge in [0.15, 0.2) is 12.4 Å². The maximum atomic E-state index is 11.8. The lowest BCUT2D eigenvalue weighted by atomic mass is 10.1. The van der Waals surface area contributed by atoms with Gasteiger partial charge in [-0.15, -0.1) is 0 Å². The lowest BCUT2D eigenvalue weighted by molar-refractivity contribution is -0.385. The minimum atomic E-state index is -0.715. The molecule has 0 saturated heterocycles. The van der Waals surface area contributed by atoms with Crippen molar-refractivity contribution in [3.8, 4) is 11.5 Å². The molecule has 146 valence electrons. The molecule has 0 aliphatic rings. The predicted molar refractivity (Wildman–Crippen MR) is 98.6 cm³/mol. The Morgan fingerprint density at radius 2 is 1.93 bits per heavy atom. The first-order chi connectivity index (χ1) is 13.2. The molecule has 0 aliphatic heterocycles. The van der Waals surface area contributed by atoms with E-state index in [4.69, 9.17) is 4.74 Å². The first kappa shape index (κ1) is 20.3. The zero-order valence-electron chi connectivity index (χ0n) is 14.9. The highest BCUT2D eigenvalue weighted by atomic mass is 16.6. The van der Waals surface area contributed by atoms with Crippen molar-refractivity contribution in [1.82, 2.24) is 5.43 Å². The average molecular weight is 388 g/mol. The van der Waals surface area contributed by atoms with Crippen molar-refractivity contribution in [1.29, 1.82) is 0 Å². The second kappa shape index (κ2) is 8.58. The van der Waals surface area contributed by atoms with E-state index >= 15 is 0 Å². The number of phenolic OH excluding ortho intramolecular Hbond substituents is 1. The number of ether oxygens (including phenoxy) is 1. The lowest BCUT2D eigenvalue weighted by Crippen LogP contribution is -2.24. The number of rotatable bonds is 7. The number of aromatic hydroxyl groups is 1. The topological polar surface area (TPSA) is 157 Å². The summed E-state index contributed by atoms with van der Waals surface area (Å²) in [5, 5.41) is 35.4. The average Bonchev–Trinajstić information content (AvgIpc) is 2.63. The van der Waals surface area contributed by atoms with Gasteiger partial charge < -0.3 is 9.84 Å². The quantitative estimate of drug-likeness (QED) is 0.418. The molecule has 0 radical (unpaired) electrons. The summed E-state index contributed by atoms with van der Waals surface area (Å²) >= 11 is 0. The van der Waals surface area contributed by atoms with Crippen molar-refractivity contribution in [3.63, 3.8) is 0 Å². The van der Waals surface area contributed by atoms with Crippen molar-refractivity contribution in [3.05, 3.63) is 67.3 Å². The largest absolute Gasteiger partial charge is 0.507 e. The number of benzene rings is 2. The van der Waals surface area contributed by atoms with Crippen LogP contribution in [0, 0.1) is 34.1 Å². The Bertz CT molecular complexity index is 972. The summed E-state index contributed by atoms with van der Waals surface area (Å²) in [4.78, 5) is 32.4. The van der Waals surface area contributed by atoms with Crippen molar-refractivity contribution in [2.24, 2.45) is 5.10 Å². The molecule has 0 heterocycles. The van der Waals surface area contributed by atoms with Crippen LogP contribution < -0.4 is 10.2 Å². The number of aryl methyl sites for hydroxylation is 2. The van der Waals surface area contributed by atoms with Gasteiger partial charge in [0.05, 0.1) is 16.1 Å². The summed E-state index contributed by atoms with van der Waals surface area (Å²) in [6.07, 6.45) is 1.04. The number of hydrogen-bond acceptors (Lipinski definition) is 8. The molecule has 0 saturated carbocycles. The van der Waals surface area contributed by atoms with Crippen LogP contribution in [0.1, 0.15) is 16.7 Å². The number of amides is 1. The van der Waals surface area contributed by atoms with E-state index in [1.807, 2.05) is 0 Å². The van der Waals surface area contributed by atoms with Gasteiger partial charge in [0.2, 0.25) is 0 Å². The molecule has 1 amide bonds. The van der Waals surface area contributed by atoms with E-state index in [2.05, 4.69) is 10.5 Å². The summed E-state index contributed by atoms with van der Waals surface area (Å²) in [5.74, 6) is -0.996. The number of carbonyl (C=O) groups is 1. The van der Waals surface area contributed by atoms with E-state index in [0.29, 0.717) is 5.56 Å². The first-order valence-electron chi connectivity index (χ1n) is 7.86. The third kappa shape index (κ3) is 5.00. The van der Waals surface area contributed by atoms with E-state index < -0.39 is 22.4 Å². The summed E-state index contributed by atoms with van der Waals surface area (Å²) in [6, 6.07) is 6.61. The minimum Gasteiger partial charge on any atom is -0.507 e. The van der Waals surface area contributed by atoms with Gasteiger partial charge in [0.25, 0.3) is 11.6 Å². The molecule has 0 bridgehead atoms. The second-order valence-corrected chi connectivity index (χ2v) is 5.77. The third-order valence-corrected chi connectivity index (χ3v) is 3.59. The molecular formula is C17H16N4O7. The first-order valence-corrected chi connectivity index (χ1v) is 7.86. The zero-order valence-corrected chi connectivity index (χ0v) is 14.9. The number of hydrogen-bond donors (Lipinski definition) is 2. The van der Waals surface area contributed by atoms with Gasteiger partial charge in [-0.25, -0.2) is 5.43 Å². The Balaban J connectivity index is 2.02. The Morgan fingerprint density at radius 3 is 2.57 bits per heavy atom. The third-order valence-electron chi connectivity index (χ3n) is 3.59. The Labute approximate surface area is 158 Å². The highest BCUT2D eigenvalue weighted by molar-refractivity contribution is 5.87. The fraction of sp³-hybridized carbons (Fsp3) is 0.176. The number of nitro benzene ring substituents is 2. The summed E-state index contributed by atoms with van der Waals surface area (Å²) < 4.78 is 5.15. The van der Waals surface area contributed by atoms with Crippen molar-refractivity contribution in [2.45, 2.75) is 13.8 Å². The van der Waals surface area contributed by atoms with Crippen LogP contribution >= 0.6 is 0 Å². The maximum absolute atomic E-state index is 11.8. The van der Waals surface area contributed by atoms with Gasteiger partial charge in [-0.1, -0.05) is 6.07 Å². The van der Waals surface area contributed by atoms with E-state index in [0.717, 1.165) is 12.3 Å². The number of nitrogens with one attached hydrogen (secondary N) is 1. The van der Waals surface area contributed by atoms with Crippen molar-refractivity contribution in [2.75, 3.05) is 6.61 Å². The molecular weight excluding hydrogens is 372 g/mol. The molecule has 2 aromatic rings. The number of hydrazone groups is 1. The van der Waals surface area contributed by atoms with Crippen LogP contribution in [0.25, 0.3) is 0 Å². The summed E-state index contributed by atoms with van der Waals surface area (Å²) in [5.41, 5.74) is 2.59. The number of nitro groups is 2. The molecule has 28 heavy (non-hydrogen) atoms. The molecule has 0 unspecified atom stereocenters. The van der Waals surface area contributed by atoms with Crippen LogP contribution in [0.2, 0.25) is 0 Å². The van der Waals surface area contributed by atoms with Gasteiger partial charge in [-0.3, -0.25) is 25.0 Å². The Hall–Kier alpha value is -4.02. The van der Waals surface area contributed by atoms with Crippen LogP contribution in [0.4, 0.5) is 11.4 Å². The van der Waals surface area contributed by atoms with Gasteiger partial charge in [-0.2, -0.15) is 5.10 Å². The van der Waals surface area contributed by atoms with E-state index in [1.54, 1.807) is 13.0 Å². The molecule has 0 aliphatic carbocycles. The van der Waals surface area contributed by atoms with Gasteiger partial charge in [-0.05, 0) is 31.0 Å². The predicted octanol–water partition coefficient (Wildman–Crippen LogP) is 2.35. The van der Waals surface area contributed by atoms with Crippen molar-refractivity contribution < 1.29 is 24.5 Å². The van der Waals surface area contributed by atoms with Gasteiger partial charge in [0, 0.05) is 23.8 Å². The SMILES string of the molecule is Cc1ccc(OCC(=O)N/N=C/c2cc([N+](=O)[O-])cc(C)c2O)c([N+](=O)[O-])c1. The highest BCUT2D eigenvalue weighted by Gasteiger charge is 2.16. The second-order valence-electron chi connectivity index (χ2n) is 5.77. The highest BCUT2D eigenvalue weighted by Crippen LogP contribution is 2.28. The lowest BCUT2D eigenvalue weighted by Gasteiger charge is -2.06. The summed E-state index contributed by atoms with van der Waals surface area (Å²) in [6.45, 7) is 2.63. The van der Waals surface area contributed by atoms with Crippen molar-refractivity contribution >= 4 is 23.5 Å².